The van der Waals surface area contributed by atoms with Crippen molar-refractivity contribution < 1.29 is 4.79 Å². The van der Waals surface area contributed by atoms with Gasteiger partial charge in [0.2, 0.25) is 5.91 Å². The van der Waals surface area contributed by atoms with Crippen LogP contribution in [0.2, 0.25) is 0 Å². The van der Waals surface area contributed by atoms with E-state index in [1.165, 1.54) is 46.6 Å². The zero-order valence-electron chi connectivity index (χ0n) is 15.1. The number of fused-ring (bicyclic) bond motifs is 1. The summed E-state index contributed by atoms with van der Waals surface area (Å²) in [7, 11) is 0. The third-order valence-electron chi connectivity index (χ3n) is 5.38. The maximum Gasteiger partial charge on any atom is 0.234 e. The smallest absolute Gasteiger partial charge is 0.234 e. The lowest BCUT2D eigenvalue weighted by Gasteiger charge is -2.34. The fourth-order valence-corrected chi connectivity index (χ4v) is 5.83. The van der Waals surface area contributed by atoms with Gasteiger partial charge in [0, 0.05) is 22.8 Å². The van der Waals surface area contributed by atoms with Gasteiger partial charge in [-0.1, -0.05) is 17.7 Å². The molecule has 0 aromatic carbocycles. The fraction of sp³-hybridized carbons (Fsp3) is 0.476. The number of nitrogens with one attached hydrogen (secondary N) is 1. The molecule has 1 atom stereocenters. The molecule has 2 aromatic heterocycles. The van der Waals surface area contributed by atoms with E-state index in [1.807, 2.05) is 11.3 Å². The maximum atomic E-state index is 12.6. The van der Waals surface area contributed by atoms with E-state index in [-0.39, 0.29) is 11.9 Å². The van der Waals surface area contributed by atoms with Gasteiger partial charge in [0.25, 0.3) is 0 Å². The number of hydrogen-bond donors (Lipinski definition) is 1. The van der Waals surface area contributed by atoms with Gasteiger partial charge in [-0.25, -0.2) is 0 Å². The Morgan fingerprint density at radius 3 is 2.96 bits per heavy atom. The summed E-state index contributed by atoms with van der Waals surface area (Å²) in [6.45, 7) is 2.21. The first-order valence-corrected chi connectivity index (χ1v) is 11.4. The zero-order chi connectivity index (χ0) is 17.8. The van der Waals surface area contributed by atoms with Crippen LogP contribution in [0.4, 0.5) is 0 Å². The second kappa shape index (κ2) is 8.51. The Bertz CT molecular complexity index is 763. The first kappa shape index (κ1) is 18.0. The van der Waals surface area contributed by atoms with E-state index in [1.54, 1.807) is 11.3 Å². The standard InChI is InChI=1S/C21H26N2OS2/c24-20(22-11-8-16-5-2-1-3-6-16)15-23-12-9-18-17(10-14-26-18)21(23)19-7-4-13-25-19/h4-5,7,10,13-14,21H,1-3,6,8-9,11-12,15H2,(H,22,24)/t21-/m1/s1. The molecular formula is C21H26N2OS2. The number of rotatable bonds is 6. The summed E-state index contributed by atoms with van der Waals surface area (Å²) >= 11 is 3.64. The van der Waals surface area contributed by atoms with Gasteiger partial charge in [-0.15, -0.1) is 22.7 Å². The second-order valence-corrected chi connectivity index (χ2v) is 9.13. The Kier molecular flexibility index (Phi) is 5.88. The largest absolute Gasteiger partial charge is 0.355 e. The molecule has 0 unspecified atom stereocenters. The number of allylic oxidation sites excluding steroid dienone is 1. The van der Waals surface area contributed by atoms with Gasteiger partial charge in [0.05, 0.1) is 12.6 Å². The van der Waals surface area contributed by atoms with Gasteiger partial charge < -0.3 is 5.32 Å². The van der Waals surface area contributed by atoms with Gasteiger partial charge in [-0.3, -0.25) is 9.69 Å². The van der Waals surface area contributed by atoms with Crippen LogP contribution in [0.3, 0.4) is 0 Å². The maximum absolute atomic E-state index is 12.6. The van der Waals surface area contributed by atoms with Crippen LogP contribution in [0.1, 0.15) is 53.5 Å². The minimum atomic E-state index is 0.154. The lowest BCUT2D eigenvalue weighted by Crippen LogP contribution is -2.42. The molecule has 0 bridgehead atoms. The molecule has 2 aliphatic rings. The molecule has 1 N–H and O–H groups in total. The van der Waals surface area contributed by atoms with E-state index in [0.29, 0.717) is 6.54 Å². The van der Waals surface area contributed by atoms with E-state index < -0.39 is 0 Å². The lowest BCUT2D eigenvalue weighted by molar-refractivity contribution is -0.122. The van der Waals surface area contributed by atoms with Crippen molar-refractivity contribution in [3.63, 3.8) is 0 Å². The highest BCUT2D eigenvalue weighted by Crippen LogP contribution is 2.39. The SMILES string of the molecule is O=C(CN1CCc2sccc2[C@@H]1c1cccs1)NCCC1=CCCCC1. The fourth-order valence-electron chi connectivity index (χ4n) is 4.05. The van der Waals surface area contributed by atoms with Crippen molar-refractivity contribution in [2.75, 3.05) is 19.6 Å². The lowest BCUT2D eigenvalue weighted by atomic mass is 9.97. The van der Waals surface area contributed by atoms with Gasteiger partial charge in [-0.05, 0) is 67.0 Å². The average molecular weight is 387 g/mol. The van der Waals surface area contributed by atoms with Crippen molar-refractivity contribution >= 4 is 28.6 Å². The van der Waals surface area contributed by atoms with Crippen LogP contribution >= 0.6 is 22.7 Å². The van der Waals surface area contributed by atoms with E-state index in [2.05, 4.69) is 45.3 Å². The molecule has 26 heavy (non-hydrogen) atoms. The van der Waals surface area contributed by atoms with Crippen LogP contribution in [-0.2, 0) is 11.2 Å². The first-order valence-electron chi connectivity index (χ1n) is 9.59. The highest BCUT2D eigenvalue weighted by atomic mass is 32.1. The molecule has 1 aliphatic heterocycles. The molecule has 1 amide bonds. The van der Waals surface area contributed by atoms with Crippen molar-refractivity contribution in [3.05, 3.63) is 55.9 Å². The van der Waals surface area contributed by atoms with E-state index >= 15 is 0 Å². The number of thiophene rings is 2. The molecule has 3 heterocycles. The van der Waals surface area contributed by atoms with Crippen molar-refractivity contribution in [2.45, 2.75) is 44.6 Å². The highest BCUT2D eigenvalue weighted by Gasteiger charge is 2.31. The topological polar surface area (TPSA) is 32.3 Å². The molecule has 138 valence electrons. The Labute approximate surface area is 163 Å². The predicted octanol–water partition coefficient (Wildman–Crippen LogP) is 4.76. The van der Waals surface area contributed by atoms with Crippen LogP contribution in [0.5, 0.6) is 0 Å². The third-order valence-corrected chi connectivity index (χ3v) is 7.30. The van der Waals surface area contributed by atoms with Crippen LogP contribution < -0.4 is 5.32 Å². The van der Waals surface area contributed by atoms with Gasteiger partial charge >= 0.3 is 0 Å². The van der Waals surface area contributed by atoms with Gasteiger partial charge in [-0.2, -0.15) is 0 Å². The number of carbonyl (C=O) groups excluding carboxylic acids is 1. The summed E-state index contributed by atoms with van der Waals surface area (Å²) in [6.07, 6.45) is 9.47. The van der Waals surface area contributed by atoms with Gasteiger partial charge in [0.15, 0.2) is 0 Å². The normalized spacial score (nSPS) is 20.5. The summed E-state index contributed by atoms with van der Waals surface area (Å²) in [4.78, 5) is 17.7. The monoisotopic (exact) mass is 386 g/mol. The molecule has 0 fully saturated rings. The van der Waals surface area contributed by atoms with Crippen molar-refractivity contribution in [1.82, 2.24) is 10.2 Å². The molecule has 0 saturated heterocycles. The zero-order valence-corrected chi connectivity index (χ0v) is 16.7. The number of carbonyl (C=O) groups is 1. The molecule has 1 aliphatic carbocycles. The van der Waals surface area contributed by atoms with E-state index in [9.17, 15) is 4.79 Å². The summed E-state index contributed by atoms with van der Waals surface area (Å²) in [5, 5.41) is 7.46. The molecule has 2 aromatic rings. The third kappa shape index (κ3) is 4.11. The van der Waals surface area contributed by atoms with E-state index in [4.69, 9.17) is 0 Å². The number of amides is 1. The van der Waals surface area contributed by atoms with Crippen LogP contribution in [0.15, 0.2) is 40.6 Å². The minimum Gasteiger partial charge on any atom is -0.355 e. The first-order chi connectivity index (χ1) is 12.8. The predicted molar refractivity (Wildman–Crippen MR) is 110 cm³/mol. The van der Waals surface area contributed by atoms with Crippen molar-refractivity contribution in [3.8, 4) is 0 Å². The molecule has 0 spiro atoms. The molecule has 5 heteroatoms. The molecular weight excluding hydrogens is 360 g/mol. The number of nitrogens with zero attached hydrogens (tertiary/aromatic N) is 1. The molecule has 0 saturated carbocycles. The summed E-state index contributed by atoms with van der Waals surface area (Å²) in [6, 6.07) is 6.78. The minimum absolute atomic E-state index is 0.154. The molecule has 4 rings (SSSR count). The molecule has 0 radical (unpaired) electrons. The highest BCUT2D eigenvalue weighted by molar-refractivity contribution is 7.10. The summed E-state index contributed by atoms with van der Waals surface area (Å²) in [5.41, 5.74) is 2.91. The summed E-state index contributed by atoms with van der Waals surface area (Å²) in [5.74, 6) is 0.154. The Hall–Kier alpha value is -1.43. The summed E-state index contributed by atoms with van der Waals surface area (Å²) < 4.78 is 0. The molecule has 3 nitrogen and oxygen atoms in total. The van der Waals surface area contributed by atoms with Crippen molar-refractivity contribution in [2.24, 2.45) is 0 Å². The van der Waals surface area contributed by atoms with Crippen LogP contribution in [0, 0.1) is 0 Å². The Morgan fingerprint density at radius 2 is 2.15 bits per heavy atom. The van der Waals surface area contributed by atoms with Gasteiger partial charge in [0.1, 0.15) is 0 Å². The van der Waals surface area contributed by atoms with E-state index in [0.717, 1.165) is 25.9 Å². The van der Waals surface area contributed by atoms with Crippen LogP contribution in [-0.4, -0.2) is 30.4 Å². The second-order valence-electron chi connectivity index (χ2n) is 7.15. The average Bonchev–Trinajstić information content (AvgIpc) is 3.34. The quantitative estimate of drug-likeness (QED) is 0.726. The number of hydrogen-bond acceptors (Lipinski definition) is 4. The Balaban J connectivity index is 1.37. The van der Waals surface area contributed by atoms with Crippen molar-refractivity contribution in [1.29, 1.82) is 0 Å². The van der Waals surface area contributed by atoms with Crippen LogP contribution in [0.25, 0.3) is 0 Å². The Morgan fingerprint density at radius 1 is 1.19 bits per heavy atom.